The maximum atomic E-state index is 13.1. The van der Waals surface area contributed by atoms with Gasteiger partial charge >= 0.3 is 0 Å². The minimum atomic E-state index is -0.534. The van der Waals surface area contributed by atoms with E-state index in [1.54, 1.807) is 36.4 Å². The highest BCUT2D eigenvalue weighted by atomic mass is 35.5. The summed E-state index contributed by atoms with van der Waals surface area (Å²) in [4.78, 5) is 12.6. The fourth-order valence-corrected chi connectivity index (χ4v) is 2.86. The van der Waals surface area contributed by atoms with E-state index in [0.717, 1.165) is 30.5 Å². The number of benzene rings is 2. The van der Waals surface area contributed by atoms with E-state index in [9.17, 15) is 9.18 Å². The van der Waals surface area contributed by atoms with E-state index in [0.29, 0.717) is 5.02 Å². The molecule has 1 saturated carbocycles. The van der Waals surface area contributed by atoms with Crippen LogP contribution < -0.4 is 5.32 Å². The maximum absolute atomic E-state index is 13.1. The lowest BCUT2D eigenvalue weighted by Gasteiger charge is -2.40. The van der Waals surface area contributed by atoms with Crippen LogP contribution in [0.5, 0.6) is 0 Å². The van der Waals surface area contributed by atoms with Crippen LogP contribution >= 0.6 is 11.6 Å². The standard InChI is InChI=1S/C17H15ClFNO/c18-13-4-8-15(9-5-13)20-16(21)17(10-1-11-17)12-2-6-14(19)7-3-12/h2-9H,1,10-11H2,(H,20,21). The molecule has 2 aromatic carbocycles. The van der Waals surface area contributed by atoms with Crippen molar-refractivity contribution in [1.29, 1.82) is 0 Å². The van der Waals surface area contributed by atoms with Gasteiger partial charge in [-0.25, -0.2) is 4.39 Å². The Morgan fingerprint density at radius 3 is 2.19 bits per heavy atom. The molecule has 3 rings (SSSR count). The zero-order chi connectivity index (χ0) is 14.9. The second-order valence-corrected chi connectivity index (χ2v) is 5.84. The number of hydrogen-bond donors (Lipinski definition) is 1. The third kappa shape index (κ3) is 2.66. The van der Waals surface area contributed by atoms with Crippen molar-refractivity contribution in [3.05, 3.63) is 64.9 Å². The van der Waals surface area contributed by atoms with Crippen LogP contribution in [0.15, 0.2) is 48.5 Å². The molecule has 108 valence electrons. The van der Waals surface area contributed by atoms with Crippen molar-refractivity contribution in [1.82, 2.24) is 0 Å². The van der Waals surface area contributed by atoms with Crippen LogP contribution in [0, 0.1) is 5.82 Å². The van der Waals surface area contributed by atoms with Gasteiger partial charge in [-0.1, -0.05) is 30.2 Å². The van der Waals surface area contributed by atoms with E-state index in [-0.39, 0.29) is 11.7 Å². The van der Waals surface area contributed by atoms with Gasteiger partial charge in [0.1, 0.15) is 5.82 Å². The monoisotopic (exact) mass is 303 g/mol. The minimum absolute atomic E-state index is 0.0392. The average molecular weight is 304 g/mol. The molecule has 0 radical (unpaired) electrons. The number of carbonyl (C=O) groups is 1. The minimum Gasteiger partial charge on any atom is -0.325 e. The quantitative estimate of drug-likeness (QED) is 0.886. The lowest BCUT2D eigenvalue weighted by Crippen LogP contribution is -2.46. The Hall–Kier alpha value is -1.87. The molecule has 21 heavy (non-hydrogen) atoms. The summed E-state index contributed by atoms with van der Waals surface area (Å²) < 4.78 is 13.1. The molecule has 1 fully saturated rings. The smallest absolute Gasteiger partial charge is 0.235 e. The molecule has 0 unspecified atom stereocenters. The summed E-state index contributed by atoms with van der Waals surface area (Å²) in [5, 5.41) is 3.56. The fourth-order valence-electron chi connectivity index (χ4n) is 2.73. The van der Waals surface area contributed by atoms with E-state index in [2.05, 4.69) is 5.32 Å². The molecule has 2 aromatic rings. The Labute approximate surface area is 127 Å². The summed E-state index contributed by atoms with van der Waals surface area (Å²) in [6.07, 6.45) is 2.58. The Morgan fingerprint density at radius 2 is 1.67 bits per heavy atom. The molecule has 0 saturated heterocycles. The first-order valence-electron chi connectivity index (χ1n) is 6.93. The number of amides is 1. The van der Waals surface area contributed by atoms with Gasteiger partial charge in [0.25, 0.3) is 0 Å². The molecule has 4 heteroatoms. The van der Waals surface area contributed by atoms with Gasteiger partial charge in [0.15, 0.2) is 0 Å². The predicted octanol–water partition coefficient (Wildman–Crippen LogP) is 4.54. The van der Waals surface area contributed by atoms with E-state index >= 15 is 0 Å². The first-order chi connectivity index (χ1) is 10.1. The number of carbonyl (C=O) groups excluding carboxylic acids is 1. The summed E-state index contributed by atoms with van der Waals surface area (Å²) in [6.45, 7) is 0. The second kappa shape index (κ2) is 5.49. The maximum Gasteiger partial charge on any atom is 0.235 e. The Morgan fingerprint density at radius 1 is 1.05 bits per heavy atom. The molecular formula is C17H15ClFNO. The highest BCUT2D eigenvalue weighted by Gasteiger charge is 2.45. The molecule has 1 N–H and O–H groups in total. The van der Waals surface area contributed by atoms with Crippen molar-refractivity contribution in [3.63, 3.8) is 0 Å². The Kier molecular flexibility index (Phi) is 3.68. The van der Waals surface area contributed by atoms with Crippen LogP contribution in [0.3, 0.4) is 0 Å². The van der Waals surface area contributed by atoms with Gasteiger partial charge < -0.3 is 5.32 Å². The normalized spacial score (nSPS) is 16.1. The largest absolute Gasteiger partial charge is 0.325 e. The van der Waals surface area contributed by atoms with Crippen molar-refractivity contribution in [2.75, 3.05) is 5.32 Å². The van der Waals surface area contributed by atoms with Crippen LogP contribution in [-0.4, -0.2) is 5.91 Å². The van der Waals surface area contributed by atoms with Crippen LogP contribution in [0.2, 0.25) is 5.02 Å². The molecule has 0 atom stereocenters. The average Bonchev–Trinajstić information content (AvgIpc) is 2.42. The van der Waals surface area contributed by atoms with Crippen LogP contribution in [0.1, 0.15) is 24.8 Å². The zero-order valence-corrected chi connectivity index (χ0v) is 12.2. The van der Waals surface area contributed by atoms with Crippen molar-refractivity contribution in [2.45, 2.75) is 24.7 Å². The van der Waals surface area contributed by atoms with Crippen LogP contribution in [-0.2, 0) is 10.2 Å². The van der Waals surface area contributed by atoms with E-state index < -0.39 is 5.41 Å². The van der Waals surface area contributed by atoms with Crippen LogP contribution in [0.4, 0.5) is 10.1 Å². The van der Waals surface area contributed by atoms with Gasteiger partial charge in [0.05, 0.1) is 5.41 Å². The summed E-state index contributed by atoms with van der Waals surface area (Å²) in [6, 6.07) is 13.3. The molecule has 0 spiro atoms. The van der Waals surface area contributed by atoms with Crippen molar-refractivity contribution >= 4 is 23.2 Å². The lowest BCUT2D eigenvalue weighted by molar-refractivity contribution is -0.124. The van der Waals surface area contributed by atoms with Gasteiger partial charge in [-0.05, 0) is 54.8 Å². The summed E-state index contributed by atoms with van der Waals surface area (Å²) in [5.74, 6) is -0.325. The Bertz CT molecular complexity index is 647. The number of rotatable bonds is 3. The molecular weight excluding hydrogens is 289 g/mol. The van der Waals surface area contributed by atoms with Gasteiger partial charge in [0.2, 0.25) is 5.91 Å². The fraction of sp³-hybridized carbons (Fsp3) is 0.235. The molecule has 1 amide bonds. The SMILES string of the molecule is O=C(Nc1ccc(Cl)cc1)C1(c2ccc(F)cc2)CCC1. The third-order valence-corrected chi connectivity index (χ3v) is 4.39. The van der Waals surface area contributed by atoms with Gasteiger partial charge in [-0.3, -0.25) is 4.79 Å². The van der Waals surface area contributed by atoms with Crippen LogP contribution in [0.25, 0.3) is 0 Å². The first-order valence-corrected chi connectivity index (χ1v) is 7.31. The molecule has 0 aromatic heterocycles. The molecule has 1 aliphatic carbocycles. The predicted molar refractivity (Wildman–Crippen MR) is 82.0 cm³/mol. The van der Waals surface area contributed by atoms with Gasteiger partial charge in [-0.2, -0.15) is 0 Å². The molecule has 0 aliphatic heterocycles. The second-order valence-electron chi connectivity index (χ2n) is 5.40. The number of nitrogens with one attached hydrogen (secondary N) is 1. The molecule has 1 aliphatic rings. The van der Waals surface area contributed by atoms with E-state index in [1.807, 2.05) is 0 Å². The summed E-state index contributed by atoms with van der Waals surface area (Å²) in [5.41, 5.74) is 1.06. The highest BCUT2D eigenvalue weighted by molar-refractivity contribution is 6.30. The van der Waals surface area contributed by atoms with E-state index in [1.165, 1.54) is 12.1 Å². The molecule has 0 bridgehead atoms. The van der Waals surface area contributed by atoms with E-state index in [4.69, 9.17) is 11.6 Å². The first kappa shape index (κ1) is 14.1. The van der Waals surface area contributed by atoms with Gasteiger partial charge in [0, 0.05) is 10.7 Å². The van der Waals surface area contributed by atoms with Crippen molar-refractivity contribution in [3.8, 4) is 0 Å². The number of anilines is 1. The molecule has 0 heterocycles. The molecule has 2 nitrogen and oxygen atoms in total. The zero-order valence-electron chi connectivity index (χ0n) is 11.4. The van der Waals surface area contributed by atoms with Crippen molar-refractivity contribution in [2.24, 2.45) is 0 Å². The summed E-state index contributed by atoms with van der Waals surface area (Å²) >= 11 is 5.84. The topological polar surface area (TPSA) is 29.1 Å². The van der Waals surface area contributed by atoms with Crippen molar-refractivity contribution < 1.29 is 9.18 Å². The number of halogens is 2. The number of hydrogen-bond acceptors (Lipinski definition) is 1. The summed E-state index contributed by atoms with van der Waals surface area (Å²) in [7, 11) is 0. The third-order valence-electron chi connectivity index (χ3n) is 4.14. The lowest BCUT2D eigenvalue weighted by atomic mass is 9.64. The Balaban J connectivity index is 1.83. The highest BCUT2D eigenvalue weighted by Crippen LogP contribution is 2.44. The van der Waals surface area contributed by atoms with Gasteiger partial charge in [-0.15, -0.1) is 0 Å².